The van der Waals surface area contributed by atoms with Crippen LogP contribution in [0.5, 0.6) is 0 Å². The number of ether oxygens (including phenoxy) is 2. The van der Waals surface area contributed by atoms with Crippen molar-refractivity contribution < 1.29 is 9.47 Å². The van der Waals surface area contributed by atoms with Crippen molar-refractivity contribution in [2.75, 3.05) is 6.61 Å². The predicted octanol–water partition coefficient (Wildman–Crippen LogP) is 1.99. The first-order valence-electron chi connectivity index (χ1n) is 2.52. The van der Waals surface area contributed by atoms with Crippen molar-refractivity contribution in [2.24, 2.45) is 0 Å². The van der Waals surface area contributed by atoms with E-state index in [1.807, 2.05) is 0 Å². The van der Waals surface area contributed by atoms with Crippen molar-refractivity contribution >= 4 is 47.4 Å². The summed E-state index contributed by atoms with van der Waals surface area (Å²) in [6.45, 7) is 0.235. The Kier molecular flexibility index (Phi) is 3.00. The first-order chi connectivity index (χ1) is 4.52. The summed E-state index contributed by atoms with van der Waals surface area (Å²) in [4.78, 5) is 0. The van der Waals surface area contributed by atoms with Crippen LogP contribution in [0.25, 0.3) is 0 Å². The Morgan fingerprint density at radius 2 is 2.10 bits per heavy atom. The summed E-state index contributed by atoms with van der Waals surface area (Å²) in [7, 11) is 0. The van der Waals surface area contributed by atoms with Crippen molar-refractivity contribution in [1.82, 2.24) is 0 Å². The van der Waals surface area contributed by atoms with E-state index in [0.29, 0.717) is 0 Å². The first kappa shape index (κ1) is 9.23. The highest BCUT2D eigenvalue weighted by atomic mass is 35.5. The summed E-state index contributed by atoms with van der Waals surface area (Å²) in [6.07, 6.45) is 0. The molecule has 0 aromatic heterocycles. The summed E-state index contributed by atoms with van der Waals surface area (Å²) in [5.41, 5.74) is -1.22. The molecule has 0 aliphatic carbocycles. The largest absolute Gasteiger partial charge is 0.341 e. The summed E-state index contributed by atoms with van der Waals surface area (Å²) < 4.78 is 8.39. The van der Waals surface area contributed by atoms with E-state index in [4.69, 9.17) is 44.3 Å². The minimum Gasteiger partial charge on any atom is -0.341 e. The molecule has 0 saturated carbocycles. The molecule has 0 N–H and O–H groups in total. The zero-order valence-electron chi connectivity index (χ0n) is 4.76. The standard InChI is InChI=1S/C4H5Cl3O2S/c5-3-4(6,7)8-1-2(10)9-3/h2-3,10H,1H2. The second-order valence-electron chi connectivity index (χ2n) is 1.78. The van der Waals surface area contributed by atoms with E-state index < -0.39 is 10.1 Å². The molecule has 0 spiro atoms. The number of halogens is 3. The van der Waals surface area contributed by atoms with Gasteiger partial charge in [0.2, 0.25) is 0 Å². The highest BCUT2D eigenvalue weighted by molar-refractivity contribution is 7.80. The molecule has 2 nitrogen and oxygen atoms in total. The Bertz CT molecular complexity index is 132. The summed E-state index contributed by atoms with van der Waals surface area (Å²) >= 11 is 20.6. The van der Waals surface area contributed by atoms with Crippen molar-refractivity contribution in [1.29, 1.82) is 0 Å². The van der Waals surface area contributed by atoms with Gasteiger partial charge >= 0.3 is 0 Å². The fourth-order valence-corrected chi connectivity index (χ4v) is 1.19. The lowest BCUT2D eigenvalue weighted by Crippen LogP contribution is -2.42. The Labute approximate surface area is 79.1 Å². The van der Waals surface area contributed by atoms with E-state index >= 15 is 0 Å². The Balaban J connectivity index is 2.52. The number of alkyl halides is 3. The molecular formula is C4H5Cl3O2S. The van der Waals surface area contributed by atoms with E-state index in [-0.39, 0.29) is 12.0 Å². The molecule has 1 fully saturated rings. The molecule has 0 aromatic carbocycles. The molecule has 0 radical (unpaired) electrons. The number of hydrogen-bond donors (Lipinski definition) is 1. The lowest BCUT2D eigenvalue weighted by molar-refractivity contribution is -0.106. The average molecular weight is 224 g/mol. The third-order valence-corrected chi connectivity index (χ3v) is 2.48. The lowest BCUT2D eigenvalue weighted by atomic mass is 10.6. The predicted molar refractivity (Wildman–Crippen MR) is 43.9 cm³/mol. The molecule has 0 aromatic rings. The normalized spacial score (nSPS) is 39.6. The second kappa shape index (κ2) is 3.25. The van der Waals surface area contributed by atoms with E-state index in [2.05, 4.69) is 12.6 Å². The molecule has 60 valence electrons. The first-order valence-corrected chi connectivity index (χ1v) is 4.22. The molecule has 2 atom stereocenters. The van der Waals surface area contributed by atoms with Gasteiger partial charge in [-0.25, -0.2) is 0 Å². The second-order valence-corrected chi connectivity index (χ2v) is 4.07. The smallest absolute Gasteiger partial charge is 0.258 e. The molecule has 1 aliphatic rings. The van der Waals surface area contributed by atoms with Gasteiger partial charge in [0, 0.05) is 0 Å². The van der Waals surface area contributed by atoms with Crippen molar-refractivity contribution in [3.8, 4) is 0 Å². The molecular weight excluding hydrogens is 218 g/mol. The van der Waals surface area contributed by atoms with Crippen molar-refractivity contribution in [2.45, 2.75) is 15.5 Å². The van der Waals surface area contributed by atoms with Crippen LogP contribution in [-0.2, 0) is 9.47 Å². The molecule has 1 rings (SSSR count). The van der Waals surface area contributed by atoms with Crippen molar-refractivity contribution in [3.63, 3.8) is 0 Å². The topological polar surface area (TPSA) is 18.5 Å². The van der Waals surface area contributed by atoms with E-state index in [1.165, 1.54) is 0 Å². The minimum absolute atomic E-state index is 0.235. The van der Waals surface area contributed by atoms with Gasteiger partial charge in [-0.3, -0.25) is 0 Å². The fraction of sp³-hybridized carbons (Fsp3) is 1.00. The molecule has 2 unspecified atom stereocenters. The van der Waals surface area contributed by atoms with Crippen LogP contribution in [0.1, 0.15) is 0 Å². The molecule has 1 heterocycles. The van der Waals surface area contributed by atoms with Gasteiger partial charge in [-0.05, 0) is 0 Å². The van der Waals surface area contributed by atoms with Crippen LogP contribution in [-0.4, -0.2) is 22.1 Å². The minimum atomic E-state index is -1.44. The van der Waals surface area contributed by atoms with Crippen LogP contribution in [0.15, 0.2) is 0 Å². The highest BCUT2D eigenvalue weighted by Crippen LogP contribution is 2.36. The lowest BCUT2D eigenvalue weighted by Gasteiger charge is -2.33. The zero-order valence-corrected chi connectivity index (χ0v) is 7.92. The van der Waals surface area contributed by atoms with Crippen LogP contribution in [0.3, 0.4) is 0 Å². The average Bonchev–Trinajstić information content (AvgIpc) is 1.81. The van der Waals surface area contributed by atoms with Gasteiger partial charge in [-0.2, -0.15) is 0 Å². The number of hydrogen-bond acceptors (Lipinski definition) is 3. The SMILES string of the molecule is SC1COC(Cl)(Cl)C(Cl)O1. The molecule has 6 heteroatoms. The molecule has 0 amide bonds. The van der Waals surface area contributed by atoms with E-state index in [0.717, 1.165) is 0 Å². The maximum atomic E-state index is 5.54. The van der Waals surface area contributed by atoms with Gasteiger partial charge in [-0.1, -0.05) is 34.8 Å². The van der Waals surface area contributed by atoms with Gasteiger partial charge in [-0.15, -0.1) is 12.6 Å². The Hall–Kier alpha value is 1.14. The van der Waals surface area contributed by atoms with Gasteiger partial charge in [0.15, 0.2) is 5.56 Å². The third-order valence-electron chi connectivity index (χ3n) is 0.959. The molecule has 1 saturated heterocycles. The number of rotatable bonds is 0. The van der Waals surface area contributed by atoms with Crippen LogP contribution >= 0.6 is 47.4 Å². The Morgan fingerprint density at radius 1 is 1.50 bits per heavy atom. The van der Waals surface area contributed by atoms with Crippen molar-refractivity contribution in [3.05, 3.63) is 0 Å². The molecule has 0 bridgehead atoms. The zero-order chi connectivity index (χ0) is 7.78. The fourth-order valence-electron chi connectivity index (χ4n) is 0.504. The maximum Gasteiger partial charge on any atom is 0.258 e. The third kappa shape index (κ3) is 2.06. The molecule has 10 heavy (non-hydrogen) atoms. The summed E-state index contributed by atoms with van der Waals surface area (Å²) in [5, 5.41) is 0. The number of thiol groups is 1. The summed E-state index contributed by atoms with van der Waals surface area (Å²) in [6, 6.07) is 0. The van der Waals surface area contributed by atoms with Crippen LogP contribution in [0.2, 0.25) is 0 Å². The van der Waals surface area contributed by atoms with Crippen LogP contribution in [0, 0.1) is 0 Å². The monoisotopic (exact) mass is 222 g/mol. The van der Waals surface area contributed by atoms with E-state index in [9.17, 15) is 0 Å². The van der Waals surface area contributed by atoms with Crippen LogP contribution < -0.4 is 0 Å². The van der Waals surface area contributed by atoms with Gasteiger partial charge < -0.3 is 9.47 Å². The summed E-state index contributed by atoms with van der Waals surface area (Å²) in [5.74, 6) is 0. The van der Waals surface area contributed by atoms with E-state index in [1.54, 1.807) is 0 Å². The molecule has 1 aliphatic heterocycles. The van der Waals surface area contributed by atoms with Gasteiger partial charge in [0.1, 0.15) is 5.44 Å². The van der Waals surface area contributed by atoms with Gasteiger partial charge in [0.05, 0.1) is 6.61 Å². The Morgan fingerprint density at radius 3 is 2.50 bits per heavy atom. The quantitative estimate of drug-likeness (QED) is 0.500. The highest BCUT2D eigenvalue weighted by Gasteiger charge is 2.41. The van der Waals surface area contributed by atoms with Crippen LogP contribution in [0.4, 0.5) is 0 Å². The maximum absolute atomic E-state index is 5.54. The van der Waals surface area contributed by atoms with Gasteiger partial charge in [0.25, 0.3) is 4.52 Å².